The second-order valence-electron chi connectivity index (χ2n) is 5.19. The number of amides is 1. The Labute approximate surface area is 115 Å². The van der Waals surface area contributed by atoms with Crippen LogP contribution in [-0.2, 0) is 4.79 Å². The van der Waals surface area contributed by atoms with Gasteiger partial charge in [0.1, 0.15) is 0 Å². The summed E-state index contributed by atoms with van der Waals surface area (Å²) in [6.07, 6.45) is 2.47. The van der Waals surface area contributed by atoms with Gasteiger partial charge in [0, 0.05) is 25.7 Å². The van der Waals surface area contributed by atoms with Crippen LogP contribution >= 0.6 is 0 Å². The summed E-state index contributed by atoms with van der Waals surface area (Å²) in [4.78, 5) is 16.6. The molecule has 1 aliphatic heterocycles. The Hall–Kier alpha value is -1.30. The molecule has 19 heavy (non-hydrogen) atoms. The molecule has 1 saturated heterocycles. The van der Waals surface area contributed by atoms with Crippen LogP contribution in [0.25, 0.3) is 0 Å². The van der Waals surface area contributed by atoms with Gasteiger partial charge in [-0.15, -0.1) is 0 Å². The second kappa shape index (κ2) is 7.33. The van der Waals surface area contributed by atoms with Crippen molar-refractivity contribution < 1.29 is 10.0 Å². The largest absolute Gasteiger partial charge is 0.409 e. The van der Waals surface area contributed by atoms with Gasteiger partial charge in [0.15, 0.2) is 5.84 Å². The first-order valence-corrected chi connectivity index (χ1v) is 7.01. The molecule has 0 aromatic rings. The molecule has 110 valence electrons. The first-order chi connectivity index (χ1) is 9.04. The SMILES string of the molecule is CCCC(C(=O)N1CCN(C)C(CC)C1)C(N)=NO. The highest BCUT2D eigenvalue weighted by molar-refractivity contribution is 6.02. The summed E-state index contributed by atoms with van der Waals surface area (Å²) in [6.45, 7) is 6.43. The molecule has 0 saturated carbocycles. The van der Waals surface area contributed by atoms with Crippen LogP contribution in [0.3, 0.4) is 0 Å². The number of piperazine rings is 1. The van der Waals surface area contributed by atoms with Gasteiger partial charge >= 0.3 is 0 Å². The van der Waals surface area contributed by atoms with E-state index in [9.17, 15) is 4.79 Å². The fraction of sp³-hybridized carbons (Fsp3) is 0.846. The van der Waals surface area contributed by atoms with Gasteiger partial charge in [0.05, 0.1) is 5.92 Å². The Morgan fingerprint density at radius 3 is 2.68 bits per heavy atom. The van der Waals surface area contributed by atoms with Crippen molar-refractivity contribution in [2.45, 2.75) is 39.2 Å². The van der Waals surface area contributed by atoms with Crippen LogP contribution in [0, 0.1) is 5.92 Å². The number of likely N-dealkylation sites (N-methyl/N-ethyl adjacent to an activating group) is 1. The Morgan fingerprint density at radius 2 is 2.16 bits per heavy atom. The molecule has 1 amide bonds. The summed E-state index contributed by atoms with van der Waals surface area (Å²) < 4.78 is 0. The second-order valence-corrected chi connectivity index (χ2v) is 5.19. The molecule has 1 fully saturated rings. The smallest absolute Gasteiger partial charge is 0.233 e. The number of nitrogens with zero attached hydrogens (tertiary/aromatic N) is 3. The monoisotopic (exact) mass is 270 g/mol. The van der Waals surface area contributed by atoms with Crippen LogP contribution in [0.1, 0.15) is 33.1 Å². The number of carbonyl (C=O) groups excluding carboxylic acids is 1. The molecular formula is C13H26N4O2. The Balaban J connectivity index is 2.74. The van der Waals surface area contributed by atoms with Crippen LogP contribution in [0.15, 0.2) is 5.16 Å². The summed E-state index contributed by atoms with van der Waals surface area (Å²) in [5.74, 6) is -0.474. The molecule has 0 bridgehead atoms. The first kappa shape index (κ1) is 15.8. The molecule has 6 heteroatoms. The number of amidine groups is 1. The fourth-order valence-corrected chi connectivity index (χ4v) is 2.56. The average molecular weight is 270 g/mol. The van der Waals surface area contributed by atoms with Crippen LogP contribution in [-0.4, -0.2) is 59.5 Å². The van der Waals surface area contributed by atoms with Crippen molar-refractivity contribution in [3.8, 4) is 0 Å². The molecule has 1 rings (SSSR count). The molecule has 3 N–H and O–H groups in total. The molecule has 1 heterocycles. The molecular weight excluding hydrogens is 244 g/mol. The third-order valence-electron chi connectivity index (χ3n) is 3.91. The fourth-order valence-electron chi connectivity index (χ4n) is 2.56. The lowest BCUT2D eigenvalue weighted by molar-refractivity contribution is -0.136. The number of carbonyl (C=O) groups is 1. The third-order valence-corrected chi connectivity index (χ3v) is 3.91. The van der Waals surface area contributed by atoms with Crippen LogP contribution in [0.4, 0.5) is 0 Å². The van der Waals surface area contributed by atoms with Crippen molar-refractivity contribution in [2.75, 3.05) is 26.7 Å². The van der Waals surface area contributed by atoms with E-state index in [1.54, 1.807) is 0 Å². The van der Waals surface area contributed by atoms with Crippen molar-refractivity contribution in [1.82, 2.24) is 9.80 Å². The van der Waals surface area contributed by atoms with E-state index >= 15 is 0 Å². The molecule has 2 unspecified atom stereocenters. The molecule has 0 aromatic carbocycles. The summed E-state index contributed by atoms with van der Waals surface area (Å²) in [6, 6.07) is 0.396. The van der Waals surface area contributed by atoms with Crippen molar-refractivity contribution in [3.63, 3.8) is 0 Å². The highest BCUT2D eigenvalue weighted by Gasteiger charge is 2.32. The van der Waals surface area contributed by atoms with Gasteiger partial charge in [-0.3, -0.25) is 9.69 Å². The number of hydrogen-bond acceptors (Lipinski definition) is 4. The Kier molecular flexibility index (Phi) is 6.08. The molecule has 6 nitrogen and oxygen atoms in total. The third kappa shape index (κ3) is 3.83. The zero-order valence-electron chi connectivity index (χ0n) is 12.2. The maximum Gasteiger partial charge on any atom is 0.233 e. The van der Waals surface area contributed by atoms with E-state index in [-0.39, 0.29) is 11.7 Å². The number of rotatable bonds is 5. The van der Waals surface area contributed by atoms with Crippen molar-refractivity contribution >= 4 is 11.7 Å². The standard InChI is InChI=1S/C13H26N4O2/c1-4-6-11(12(14)15-19)13(18)17-8-7-16(3)10(5-2)9-17/h10-11,19H,4-9H2,1-3H3,(H2,14,15). The summed E-state index contributed by atoms with van der Waals surface area (Å²) in [5, 5.41) is 11.8. The zero-order chi connectivity index (χ0) is 14.4. The first-order valence-electron chi connectivity index (χ1n) is 7.01. The van der Waals surface area contributed by atoms with Crippen LogP contribution < -0.4 is 5.73 Å². The van der Waals surface area contributed by atoms with Crippen LogP contribution in [0.5, 0.6) is 0 Å². The lowest BCUT2D eigenvalue weighted by Gasteiger charge is -2.40. The average Bonchev–Trinajstić information content (AvgIpc) is 2.43. The quantitative estimate of drug-likeness (QED) is 0.333. The zero-order valence-corrected chi connectivity index (χ0v) is 12.2. The van der Waals surface area contributed by atoms with E-state index < -0.39 is 5.92 Å². The molecule has 2 atom stereocenters. The summed E-state index contributed by atoms with van der Waals surface area (Å²) >= 11 is 0. The molecule has 0 aliphatic carbocycles. The molecule has 1 aliphatic rings. The van der Waals surface area contributed by atoms with Gasteiger partial charge in [-0.05, 0) is 19.9 Å². The van der Waals surface area contributed by atoms with E-state index in [0.29, 0.717) is 19.0 Å². The number of nitrogens with two attached hydrogens (primary N) is 1. The van der Waals surface area contributed by atoms with E-state index in [2.05, 4.69) is 24.0 Å². The van der Waals surface area contributed by atoms with Crippen molar-refractivity contribution in [1.29, 1.82) is 0 Å². The van der Waals surface area contributed by atoms with Crippen molar-refractivity contribution in [2.24, 2.45) is 16.8 Å². The Bertz CT molecular complexity index is 333. The summed E-state index contributed by atoms with van der Waals surface area (Å²) in [7, 11) is 2.09. The molecule has 0 spiro atoms. The molecule has 0 aromatic heterocycles. The minimum atomic E-state index is -0.490. The maximum atomic E-state index is 12.5. The summed E-state index contributed by atoms with van der Waals surface area (Å²) in [5.41, 5.74) is 5.65. The van der Waals surface area contributed by atoms with Crippen molar-refractivity contribution in [3.05, 3.63) is 0 Å². The highest BCUT2D eigenvalue weighted by atomic mass is 16.4. The lowest BCUT2D eigenvalue weighted by atomic mass is 9.99. The number of oxime groups is 1. The minimum absolute atomic E-state index is 0.0105. The normalized spacial score (nSPS) is 23.4. The maximum absolute atomic E-state index is 12.5. The van der Waals surface area contributed by atoms with Gasteiger partial charge in [-0.25, -0.2) is 0 Å². The van der Waals surface area contributed by atoms with Gasteiger partial charge in [-0.1, -0.05) is 25.4 Å². The predicted octanol–water partition coefficient (Wildman–Crippen LogP) is 0.702. The topological polar surface area (TPSA) is 82.2 Å². The lowest BCUT2D eigenvalue weighted by Crippen LogP contribution is -2.55. The minimum Gasteiger partial charge on any atom is -0.409 e. The van der Waals surface area contributed by atoms with E-state index in [0.717, 1.165) is 25.9 Å². The number of hydrogen-bond donors (Lipinski definition) is 2. The van der Waals surface area contributed by atoms with Gasteiger partial charge in [-0.2, -0.15) is 0 Å². The van der Waals surface area contributed by atoms with Gasteiger partial charge < -0.3 is 15.8 Å². The Morgan fingerprint density at radius 1 is 1.47 bits per heavy atom. The van der Waals surface area contributed by atoms with Gasteiger partial charge in [0.2, 0.25) is 5.91 Å². The van der Waals surface area contributed by atoms with E-state index in [4.69, 9.17) is 10.9 Å². The van der Waals surface area contributed by atoms with Crippen LogP contribution in [0.2, 0.25) is 0 Å². The highest BCUT2D eigenvalue weighted by Crippen LogP contribution is 2.16. The van der Waals surface area contributed by atoms with Gasteiger partial charge in [0.25, 0.3) is 0 Å². The molecule has 0 radical (unpaired) electrons. The predicted molar refractivity (Wildman–Crippen MR) is 75.1 cm³/mol. The van der Waals surface area contributed by atoms with E-state index in [1.165, 1.54) is 0 Å². The van der Waals surface area contributed by atoms with E-state index in [1.807, 2.05) is 11.8 Å².